The van der Waals surface area contributed by atoms with Crippen molar-refractivity contribution in [1.29, 1.82) is 0 Å². The van der Waals surface area contributed by atoms with Crippen LogP contribution in [0.15, 0.2) is 36.0 Å². The molecule has 0 saturated heterocycles. The molecule has 1 N–H and O–H groups in total. The third-order valence-electron chi connectivity index (χ3n) is 4.32. The number of rotatable bonds is 7. The van der Waals surface area contributed by atoms with Crippen LogP contribution in [-0.4, -0.2) is 58.1 Å². The Bertz CT molecular complexity index is 526. The highest BCUT2D eigenvalue weighted by molar-refractivity contribution is 5.74. The molecule has 5 nitrogen and oxygen atoms in total. The lowest BCUT2D eigenvalue weighted by Gasteiger charge is -2.33. The van der Waals surface area contributed by atoms with Gasteiger partial charge in [0.05, 0.1) is 18.3 Å². The molecule has 126 valence electrons. The zero-order valence-corrected chi connectivity index (χ0v) is 14.1. The number of nitrogens with zero attached hydrogens (tertiary/aromatic N) is 3. The number of amides is 1. The number of hydrogen-bond donors (Lipinski definition) is 1. The molecule has 0 bridgehead atoms. The van der Waals surface area contributed by atoms with Crippen molar-refractivity contribution >= 4 is 5.91 Å². The van der Waals surface area contributed by atoms with E-state index in [-0.39, 0.29) is 18.6 Å². The van der Waals surface area contributed by atoms with E-state index in [9.17, 15) is 9.90 Å². The van der Waals surface area contributed by atoms with Crippen LogP contribution >= 0.6 is 0 Å². The summed E-state index contributed by atoms with van der Waals surface area (Å²) in [6.07, 6.45) is 5.81. The lowest BCUT2D eigenvalue weighted by Crippen LogP contribution is -2.44. The summed E-state index contributed by atoms with van der Waals surface area (Å²) in [7, 11) is 0. The van der Waals surface area contributed by atoms with E-state index in [4.69, 9.17) is 0 Å². The van der Waals surface area contributed by atoms with E-state index in [2.05, 4.69) is 16.0 Å². The fourth-order valence-electron chi connectivity index (χ4n) is 3.02. The van der Waals surface area contributed by atoms with Gasteiger partial charge in [0.1, 0.15) is 0 Å². The van der Waals surface area contributed by atoms with E-state index < -0.39 is 0 Å². The first-order valence-electron chi connectivity index (χ1n) is 8.32. The monoisotopic (exact) mass is 317 g/mol. The fraction of sp³-hybridized carbons (Fsp3) is 0.556. The zero-order chi connectivity index (χ0) is 16.7. The van der Waals surface area contributed by atoms with Gasteiger partial charge in [0, 0.05) is 39.3 Å². The van der Waals surface area contributed by atoms with Crippen molar-refractivity contribution in [2.45, 2.75) is 39.3 Å². The largest absolute Gasteiger partial charge is 0.394 e. The van der Waals surface area contributed by atoms with Gasteiger partial charge in [0.15, 0.2) is 0 Å². The van der Waals surface area contributed by atoms with Crippen molar-refractivity contribution in [2.75, 3.05) is 26.2 Å². The first-order valence-corrected chi connectivity index (χ1v) is 8.32. The highest BCUT2D eigenvalue weighted by Gasteiger charge is 2.22. The Morgan fingerprint density at radius 2 is 2.30 bits per heavy atom. The summed E-state index contributed by atoms with van der Waals surface area (Å²) in [5, 5.41) is 9.49. The number of hydrogen-bond acceptors (Lipinski definition) is 4. The number of carbonyl (C=O) groups is 1. The van der Waals surface area contributed by atoms with E-state index in [0.717, 1.165) is 38.2 Å². The van der Waals surface area contributed by atoms with Gasteiger partial charge < -0.3 is 10.0 Å². The molecule has 1 aliphatic heterocycles. The third-order valence-corrected chi connectivity index (χ3v) is 4.32. The summed E-state index contributed by atoms with van der Waals surface area (Å²) in [6, 6.07) is 5.88. The molecule has 0 radical (unpaired) electrons. The van der Waals surface area contributed by atoms with Crippen LogP contribution in [0.3, 0.4) is 0 Å². The first-order chi connectivity index (χ1) is 11.1. The van der Waals surface area contributed by atoms with Gasteiger partial charge in [-0.3, -0.25) is 14.7 Å². The molecule has 0 aliphatic carbocycles. The Morgan fingerprint density at radius 3 is 2.91 bits per heavy atom. The highest BCUT2D eigenvalue weighted by atomic mass is 16.3. The molecule has 0 saturated carbocycles. The zero-order valence-electron chi connectivity index (χ0n) is 14.1. The number of aromatic nitrogens is 1. The van der Waals surface area contributed by atoms with E-state index in [0.29, 0.717) is 6.54 Å². The molecule has 0 unspecified atom stereocenters. The molecule has 1 aromatic heterocycles. The van der Waals surface area contributed by atoms with Gasteiger partial charge >= 0.3 is 0 Å². The highest BCUT2D eigenvalue weighted by Crippen LogP contribution is 2.16. The number of aliphatic hydroxyl groups is 1. The van der Waals surface area contributed by atoms with Crippen LogP contribution in [-0.2, 0) is 11.3 Å². The average Bonchev–Trinajstić information content (AvgIpc) is 2.56. The molecule has 5 heteroatoms. The van der Waals surface area contributed by atoms with Crippen molar-refractivity contribution in [1.82, 2.24) is 14.8 Å². The lowest BCUT2D eigenvalue weighted by atomic mass is 10.1. The van der Waals surface area contributed by atoms with Gasteiger partial charge in [0.25, 0.3) is 0 Å². The molecule has 1 atom stereocenters. The summed E-state index contributed by atoms with van der Waals surface area (Å²) in [5.74, 6) is 0.0219. The van der Waals surface area contributed by atoms with Gasteiger partial charge in [-0.05, 0) is 30.5 Å². The summed E-state index contributed by atoms with van der Waals surface area (Å²) in [6.45, 7) is 6.88. The Labute approximate surface area is 138 Å². The van der Waals surface area contributed by atoms with Crippen molar-refractivity contribution in [3.8, 4) is 0 Å². The molecule has 0 fully saturated rings. The minimum Gasteiger partial charge on any atom is -0.394 e. The number of carbonyl (C=O) groups excluding carboxylic acids is 1. The van der Waals surface area contributed by atoms with Crippen LogP contribution in [0.25, 0.3) is 0 Å². The SMILES string of the molecule is CC[C@@H](CO)N(CC1=CCCN(Cc2ccccn2)C1)C(C)=O. The van der Waals surface area contributed by atoms with Crippen molar-refractivity contribution < 1.29 is 9.90 Å². The fourth-order valence-corrected chi connectivity index (χ4v) is 3.02. The van der Waals surface area contributed by atoms with Crippen LogP contribution in [0.5, 0.6) is 0 Å². The predicted molar refractivity (Wildman–Crippen MR) is 90.8 cm³/mol. The lowest BCUT2D eigenvalue weighted by molar-refractivity contribution is -0.131. The van der Waals surface area contributed by atoms with Gasteiger partial charge in [-0.15, -0.1) is 0 Å². The molecule has 2 heterocycles. The van der Waals surface area contributed by atoms with Gasteiger partial charge in [-0.2, -0.15) is 0 Å². The van der Waals surface area contributed by atoms with Crippen LogP contribution in [0.2, 0.25) is 0 Å². The quantitative estimate of drug-likeness (QED) is 0.780. The Hall–Kier alpha value is -1.72. The minimum atomic E-state index is -0.0976. The van der Waals surface area contributed by atoms with E-state index >= 15 is 0 Å². The van der Waals surface area contributed by atoms with E-state index in [1.165, 1.54) is 5.57 Å². The Kier molecular flexibility index (Phi) is 6.74. The second kappa shape index (κ2) is 8.79. The van der Waals surface area contributed by atoms with E-state index in [1.54, 1.807) is 11.8 Å². The Morgan fingerprint density at radius 1 is 1.48 bits per heavy atom. The maximum absolute atomic E-state index is 11.9. The molecule has 2 rings (SSSR count). The molecule has 23 heavy (non-hydrogen) atoms. The summed E-state index contributed by atoms with van der Waals surface area (Å²) in [4.78, 5) is 20.4. The summed E-state index contributed by atoms with van der Waals surface area (Å²) < 4.78 is 0. The number of aliphatic hydroxyl groups excluding tert-OH is 1. The smallest absolute Gasteiger partial charge is 0.220 e. The second-order valence-corrected chi connectivity index (χ2v) is 6.07. The second-order valence-electron chi connectivity index (χ2n) is 6.07. The van der Waals surface area contributed by atoms with Crippen molar-refractivity contribution in [2.24, 2.45) is 0 Å². The van der Waals surface area contributed by atoms with Gasteiger partial charge in [-0.1, -0.05) is 19.1 Å². The van der Waals surface area contributed by atoms with Crippen LogP contribution in [0.4, 0.5) is 0 Å². The van der Waals surface area contributed by atoms with Gasteiger partial charge in [-0.25, -0.2) is 0 Å². The summed E-state index contributed by atoms with van der Waals surface area (Å²) >= 11 is 0. The van der Waals surface area contributed by atoms with Crippen LogP contribution in [0.1, 0.15) is 32.4 Å². The standard InChI is InChI=1S/C18H27N3O2/c1-3-18(14-22)21(15(2)23)12-16-7-6-10-20(11-16)13-17-8-4-5-9-19-17/h4-5,7-9,18,22H,3,6,10-14H2,1-2H3/t18-/m0/s1. The minimum absolute atomic E-state index is 0.0149. The molecule has 0 aromatic carbocycles. The van der Waals surface area contributed by atoms with E-state index in [1.807, 2.05) is 31.3 Å². The molecular formula is C18H27N3O2. The van der Waals surface area contributed by atoms with Crippen molar-refractivity contribution in [3.63, 3.8) is 0 Å². The molecule has 1 aliphatic rings. The van der Waals surface area contributed by atoms with Gasteiger partial charge in [0.2, 0.25) is 5.91 Å². The average molecular weight is 317 g/mol. The van der Waals surface area contributed by atoms with Crippen LogP contribution in [0, 0.1) is 0 Å². The first kappa shape index (κ1) is 17.6. The predicted octanol–water partition coefficient (Wildman–Crippen LogP) is 1.83. The molecule has 0 spiro atoms. The molecular weight excluding hydrogens is 290 g/mol. The van der Waals surface area contributed by atoms with Crippen LogP contribution < -0.4 is 0 Å². The molecule has 1 aromatic rings. The summed E-state index contributed by atoms with van der Waals surface area (Å²) in [5.41, 5.74) is 2.31. The topological polar surface area (TPSA) is 56.7 Å². The normalized spacial score (nSPS) is 16.7. The molecule has 1 amide bonds. The Balaban J connectivity index is 1.97. The van der Waals surface area contributed by atoms with Crippen molar-refractivity contribution in [3.05, 3.63) is 41.7 Å². The number of pyridine rings is 1. The maximum Gasteiger partial charge on any atom is 0.220 e. The maximum atomic E-state index is 11.9. The third kappa shape index (κ3) is 5.15.